The van der Waals surface area contributed by atoms with Gasteiger partial charge in [-0.3, -0.25) is 77.9 Å². The number of benzene rings is 4. The molecule has 10 rings (SSSR count). The first-order valence-corrected chi connectivity index (χ1v) is 42.7. The lowest BCUT2D eigenvalue weighted by Gasteiger charge is -2.28. The molecule has 2 bridgehead atoms. The number of nitrogens with two attached hydrogens (primary N) is 2. The SMILES string of the molecule is N=C(N)NCCC[C@@H]1NC(=O)[C@@H](Cc2ccccc2)NC(=O)[C@H](Cc2c[nH]cn2)NC(=O)[C@H](CCC(=O)O)NC(=O)[C@@H]2CSSC[C@H](CC(=O)[C@H](Cc3c[nH]c4ccccc34)CC1=O)C(=O)C[C@@H](CCC(=O)O)C(=O)C[C@@H](Cc1c[nH]cn1)C(=O)N[C@H](Cc1ccccc1)C(=O)N[C@@H](CCCNC(=N)N)C(=O)N[C@@H](Cc1c[nH]c3ccccc13)C(=O)N2. The van der Waals surface area contributed by atoms with E-state index in [1.165, 1.54) is 25.0 Å². The summed E-state index contributed by atoms with van der Waals surface area (Å²) in [5.74, 6) is -20.8. The van der Waals surface area contributed by atoms with Gasteiger partial charge in [0, 0.05) is 160 Å². The Morgan fingerprint density at radius 2 is 0.820 bits per heavy atom. The van der Waals surface area contributed by atoms with E-state index in [-0.39, 0.29) is 94.4 Å². The summed E-state index contributed by atoms with van der Waals surface area (Å²) in [6.07, 6.45) is 1.93. The van der Waals surface area contributed by atoms with Crippen LogP contribution in [-0.4, -0.2) is 207 Å². The van der Waals surface area contributed by atoms with Crippen LogP contribution < -0.4 is 64.6 Å². The number of carbonyl (C=O) groups excluding carboxylic acids is 12. The standard InChI is InChI=1S/C84H102N20O16S2/c85-83(86)91-27-11-21-61-72(108)35-50(31-52-39-93-59-19-9-7-17-57(52)59)70(106)37-54-43-121-122-44-68(82(120)99-63(24-26-74(111)112)77(115)103-67(38-56-42-90-46-96-56)81(119)101-65(78(116)97-61)30-48-15-5-2-6-16-48)104-80(118)66(33-53-40-94-60-20-10-8-18-58(53)60)102-76(114)62(22-12-28-92-84(87)88)98-79(117)64(29-47-13-3-1-4-14-47)100-75(113)51(32-55-41-89-45-95-55)36-69(105)49(34-71(54)107)23-25-73(109)110/h1-10,13-20,39-42,45-46,49-51,54,61-68,93-94H,11-12,21-38,43-44H2,(H,89,95)(H,90,96)(H,97,116)(H,98,117)(H,99,120)(H,100,113)(H,101,119)(H,102,114)(H,103,115)(H,104,118)(H,109,110)(H,111,112)(H4,85,86,91)(H4,87,88,92)/t49-,50-,51-,54+,61+,62+,63+,64-,65-,66+,67+,68+/m1/s1. The van der Waals surface area contributed by atoms with Crippen molar-refractivity contribution in [1.29, 1.82) is 10.8 Å². The van der Waals surface area contributed by atoms with Crippen molar-refractivity contribution in [2.45, 2.75) is 164 Å². The number of para-hydroxylation sites is 2. The first kappa shape index (κ1) is 91.3. The van der Waals surface area contributed by atoms with E-state index in [0.717, 1.165) is 21.6 Å². The van der Waals surface area contributed by atoms with Crippen molar-refractivity contribution in [3.63, 3.8) is 0 Å². The monoisotopic (exact) mass is 1710 g/mol. The number of rotatable bonds is 26. The van der Waals surface area contributed by atoms with Crippen molar-refractivity contribution in [2.75, 3.05) is 24.6 Å². The lowest BCUT2D eigenvalue weighted by atomic mass is 9.81. The number of nitrogens with one attached hydrogen (secondary N) is 16. The molecule has 12 atom stereocenters. The highest BCUT2D eigenvalue weighted by atomic mass is 33.1. The summed E-state index contributed by atoms with van der Waals surface area (Å²) < 4.78 is 0. The van der Waals surface area contributed by atoms with Gasteiger partial charge < -0.3 is 94.8 Å². The molecule has 36 nitrogen and oxygen atoms in total. The maximum atomic E-state index is 16.0. The van der Waals surface area contributed by atoms with Crippen molar-refractivity contribution in [3.8, 4) is 0 Å². The van der Waals surface area contributed by atoms with Crippen LogP contribution in [0.5, 0.6) is 0 Å². The van der Waals surface area contributed by atoms with Crippen LogP contribution in [0.2, 0.25) is 0 Å². The minimum Gasteiger partial charge on any atom is -0.481 e. The van der Waals surface area contributed by atoms with Crippen LogP contribution in [0.15, 0.2) is 147 Å². The van der Waals surface area contributed by atoms with Crippen LogP contribution in [0.3, 0.4) is 0 Å². The van der Waals surface area contributed by atoms with Gasteiger partial charge in [-0.2, -0.15) is 0 Å². The number of aromatic nitrogens is 6. The highest BCUT2D eigenvalue weighted by Gasteiger charge is 2.40. The molecule has 0 unspecified atom stereocenters. The molecule has 0 radical (unpaired) electrons. The van der Waals surface area contributed by atoms with Gasteiger partial charge in [-0.25, -0.2) is 9.97 Å². The molecule has 122 heavy (non-hydrogen) atoms. The van der Waals surface area contributed by atoms with E-state index in [2.05, 4.69) is 83.1 Å². The Bertz CT molecular complexity index is 4700. The Hall–Kier alpha value is -13.0. The number of hydrogen-bond donors (Lipinski definition) is 20. The van der Waals surface area contributed by atoms with Gasteiger partial charge in [0.15, 0.2) is 17.7 Å². The fourth-order valence-electron chi connectivity index (χ4n) is 14.8. The summed E-state index contributed by atoms with van der Waals surface area (Å²) >= 11 is 0. The number of ketones is 4. The molecule has 8 aromatic rings. The number of carbonyl (C=O) groups is 14. The van der Waals surface area contributed by atoms with E-state index in [9.17, 15) is 19.8 Å². The lowest BCUT2D eigenvalue weighted by molar-refractivity contribution is -0.139. The van der Waals surface area contributed by atoms with Gasteiger partial charge in [-0.15, -0.1) is 0 Å². The molecule has 646 valence electrons. The highest BCUT2D eigenvalue weighted by molar-refractivity contribution is 8.76. The maximum absolute atomic E-state index is 16.0. The molecule has 2 saturated heterocycles. The van der Waals surface area contributed by atoms with Crippen LogP contribution in [0, 0.1) is 34.5 Å². The predicted octanol–water partition coefficient (Wildman–Crippen LogP) is 2.70. The number of aromatic amines is 4. The van der Waals surface area contributed by atoms with Crippen LogP contribution >= 0.6 is 21.6 Å². The average molecular weight is 1710 g/mol. The number of Topliss-reactive ketones (excluding diaryl/α,β-unsaturated/α-hetero) is 4. The van der Waals surface area contributed by atoms with Gasteiger partial charge >= 0.3 is 11.9 Å². The van der Waals surface area contributed by atoms with Gasteiger partial charge in [0.1, 0.15) is 59.6 Å². The normalized spacial score (nSPS) is 22.9. The quantitative estimate of drug-likeness (QED) is 0.0160. The first-order valence-electron chi connectivity index (χ1n) is 40.2. The first-order chi connectivity index (χ1) is 58.7. The molecule has 0 saturated carbocycles. The maximum Gasteiger partial charge on any atom is 0.303 e. The molecular weight excluding hydrogens is 1610 g/mol. The second-order valence-corrected chi connectivity index (χ2v) is 32.9. The summed E-state index contributed by atoms with van der Waals surface area (Å²) in [7, 11) is 1.79. The van der Waals surface area contributed by atoms with Crippen molar-refractivity contribution in [3.05, 3.63) is 180 Å². The zero-order valence-corrected chi connectivity index (χ0v) is 68.4. The van der Waals surface area contributed by atoms with Gasteiger partial charge in [0.05, 0.1) is 36.0 Å². The van der Waals surface area contributed by atoms with Gasteiger partial charge in [0.25, 0.3) is 0 Å². The second kappa shape index (κ2) is 45.4. The largest absolute Gasteiger partial charge is 0.481 e. The van der Waals surface area contributed by atoms with Crippen LogP contribution in [0.4, 0.5) is 0 Å². The smallest absolute Gasteiger partial charge is 0.303 e. The fourth-order valence-corrected chi connectivity index (χ4v) is 17.3. The van der Waals surface area contributed by atoms with E-state index in [1.54, 1.807) is 122 Å². The molecule has 0 aliphatic carbocycles. The molecular formula is C84H102N20O16S2. The van der Waals surface area contributed by atoms with E-state index in [0.29, 0.717) is 44.1 Å². The number of carboxylic acid groups (broad SMARTS) is 2. The number of nitrogens with zero attached hydrogens (tertiary/aromatic N) is 2. The molecule has 6 heterocycles. The summed E-state index contributed by atoms with van der Waals surface area (Å²) in [5, 5.41) is 64.9. The number of carboxylic acids is 2. The van der Waals surface area contributed by atoms with Crippen molar-refractivity contribution in [1.82, 2.24) is 83.1 Å². The molecule has 22 N–H and O–H groups in total. The number of amides is 8. The molecule has 8 amide bonds. The van der Waals surface area contributed by atoms with E-state index in [4.69, 9.17) is 22.3 Å². The van der Waals surface area contributed by atoms with Crippen LogP contribution in [0.1, 0.15) is 111 Å². The molecule has 2 fully saturated rings. The predicted molar refractivity (Wildman–Crippen MR) is 454 cm³/mol. The molecule has 38 heteroatoms. The summed E-state index contributed by atoms with van der Waals surface area (Å²) in [6.45, 7) is 0.0292. The van der Waals surface area contributed by atoms with Gasteiger partial charge in [0.2, 0.25) is 47.3 Å². The number of guanidine groups is 2. The third kappa shape index (κ3) is 27.8. The fraction of sp³-hybridized carbons (Fsp3) is 0.405. The lowest BCUT2D eigenvalue weighted by Crippen LogP contribution is -2.61. The Balaban J connectivity index is 1.13. The third-order valence-corrected chi connectivity index (χ3v) is 23.8. The minimum atomic E-state index is -1.85. The van der Waals surface area contributed by atoms with Crippen molar-refractivity contribution in [2.24, 2.45) is 35.1 Å². The molecule has 2 aliphatic rings. The van der Waals surface area contributed by atoms with Gasteiger partial charge in [-0.1, -0.05) is 119 Å². The number of hydrogen-bond acceptors (Lipinski definition) is 20. The van der Waals surface area contributed by atoms with Gasteiger partial charge in [-0.05, 0) is 79.3 Å². The van der Waals surface area contributed by atoms with Crippen molar-refractivity contribution >= 4 is 138 Å². The number of H-pyrrole nitrogens is 4. The second-order valence-electron chi connectivity index (χ2n) is 30.4. The molecule has 4 aromatic carbocycles. The number of fused-ring (bicyclic) bond motifs is 7. The number of aliphatic carboxylic acids is 2. The topological polar surface area (TPSA) is 588 Å². The molecule has 2 aliphatic heterocycles. The summed E-state index contributed by atoms with van der Waals surface area (Å²) in [5.41, 5.74) is 15.2. The molecule has 4 aromatic heterocycles. The molecule has 0 spiro atoms. The highest BCUT2D eigenvalue weighted by Crippen LogP contribution is 2.33. The Morgan fingerprint density at radius 1 is 0.402 bits per heavy atom. The Morgan fingerprint density at radius 3 is 1.36 bits per heavy atom. The van der Waals surface area contributed by atoms with E-state index < -0.39 is 223 Å². The summed E-state index contributed by atoms with van der Waals surface area (Å²) in [4.78, 5) is 232. The third-order valence-electron chi connectivity index (χ3n) is 21.4. The minimum absolute atomic E-state index is 0.00114. The van der Waals surface area contributed by atoms with Crippen LogP contribution in [0.25, 0.3) is 21.8 Å². The van der Waals surface area contributed by atoms with Crippen LogP contribution in [-0.2, 0) is 106 Å². The summed E-state index contributed by atoms with van der Waals surface area (Å²) in [6, 6.07) is 18.0. The number of imidazole rings is 2. The zero-order valence-electron chi connectivity index (χ0n) is 66.8. The Labute approximate surface area is 709 Å². The van der Waals surface area contributed by atoms with E-state index >= 15 is 57.5 Å². The van der Waals surface area contributed by atoms with Crippen molar-refractivity contribution < 1.29 is 77.3 Å². The van der Waals surface area contributed by atoms with E-state index in [1.807, 2.05) is 0 Å². The zero-order chi connectivity index (χ0) is 87.2. The Kier molecular flexibility index (Phi) is 34.0. The average Bonchev–Trinajstić information content (AvgIpc) is 1.71.